The first-order valence-corrected chi connectivity index (χ1v) is 3.46. The summed E-state index contributed by atoms with van der Waals surface area (Å²) in [5.74, 6) is -2.09. The highest BCUT2D eigenvalue weighted by atomic mass is 16.5. The van der Waals surface area contributed by atoms with E-state index in [0.29, 0.717) is 6.61 Å². The van der Waals surface area contributed by atoms with Gasteiger partial charge in [-0.3, -0.25) is 9.59 Å². The zero-order valence-electron chi connectivity index (χ0n) is 6.66. The second-order valence-corrected chi connectivity index (χ2v) is 2.25. The number of aliphatic carboxylic acids is 1. The molecule has 0 saturated carbocycles. The van der Waals surface area contributed by atoms with Gasteiger partial charge in [0.05, 0.1) is 18.9 Å². The molecule has 0 aliphatic rings. The molecule has 0 fully saturated rings. The lowest BCUT2D eigenvalue weighted by Gasteiger charge is -2.04. The Balaban J connectivity index is 3.66. The first kappa shape index (κ1) is 9.94. The molecule has 1 N–H and O–H groups in total. The van der Waals surface area contributed by atoms with Crippen LogP contribution in [-0.4, -0.2) is 23.7 Å². The third-order valence-electron chi connectivity index (χ3n) is 1.20. The Bertz CT molecular complexity index is 153. The van der Waals surface area contributed by atoms with Gasteiger partial charge in [0.1, 0.15) is 0 Å². The number of rotatable bonds is 4. The summed E-state index contributed by atoms with van der Waals surface area (Å²) < 4.78 is 4.56. The molecule has 0 aliphatic heterocycles. The Labute approximate surface area is 65.2 Å². The molecule has 0 saturated heterocycles. The minimum absolute atomic E-state index is 0.0524. The van der Waals surface area contributed by atoms with Gasteiger partial charge in [0.15, 0.2) is 0 Å². The largest absolute Gasteiger partial charge is 0.481 e. The maximum Gasteiger partial charge on any atom is 0.306 e. The summed E-state index contributed by atoms with van der Waals surface area (Å²) in [6.07, 6.45) is -0.0524. The predicted molar refractivity (Wildman–Crippen MR) is 38.0 cm³/mol. The number of carbonyl (C=O) groups excluding carboxylic acids is 1. The zero-order chi connectivity index (χ0) is 8.85. The number of hydrogen-bond acceptors (Lipinski definition) is 3. The van der Waals surface area contributed by atoms with Crippen LogP contribution in [0.3, 0.4) is 0 Å². The number of ether oxygens (including phenoxy) is 1. The molecule has 0 aromatic heterocycles. The van der Waals surface area contributed by atoms with Gasteiger partial charge in [0.2, 0.25) is 0 Å². The Hall–Kier alpha value is -1.06. The van der Waals surface area contributed by atoms with Crippen molar-refractivity contribution in [1.82, 2.24) is 0 Å². The number of carboxylic acids is 1. The van der Waals surface area contributed by atoms with Gasteiger partial charge in [-0.05, 0) is 6.92 Å². The van der Waals surface area contributed by atoms with E-state index in [1.165, 1.54) is 6.92 Å². The summed E-state index contributed by atoms with van der Waals surface area (Å²) in [7, 11) is 0. The predicted octanol–water partition coefficient (Wildman–Crippen LogP) is 0.660. The van der Waals surface area contributed by atoms with Crippen LogP contribution in [0.1, 0.15) is 20.3 Å². The monoisotopic (exact) mass is 160 g/mol. The molecule has 0 unspecified atom stereocenters. The molecule has 4 nitrogen and oxygen atoms in total. The number of hydrogen-bond donors (Lipinski definition) is 1. The van der Waals surface area contributed by atoms with Crippen LogP contribution in [0.4, 0.5) is 0 Å². The summed E-state index contributed by atoms with van der Waals surface area (Å²) in [6, 6.07) is 0. The SMILES string of the molecule is CCOC(=O)C[C@H](C)C(=O)O. The van der Waals surface area contributed by atoms with E-state index in [1.54, 1.807) is 6.92 Å². The van der Waals surface area contributed by atoms with Crippen molar-refractivity contribution in [3.63, 3.8) is 0 Å². The van der Waals surface area contributed by atoms with Crippen molar-refractivity contribution in [2.45, 2.75) is 20.3 Å². The van der Waals surface area contributed by atoms with Crippen LogP contribution >= 0.6 is 0 Å². The van der Waals surface area contributed by atoms with Gasteiger partial charge in [-0.2, -0.15) is 0 Å². The molecule has 1 atom stereocenters. The van der Waals surface area contributed by atoms with Crippen LogP contribution in [0, 0.1) is 5.92 Å². The highest BCUT2D eigenvalue weighted by molar-refractivity contribution is 5.78. The average Bonchev–Trinajstić information content (AvgIpc) is 1.87. The molecule has 0 rings (SSSR count). The molecule has 0 aromatic carbocycles. The molecule has 0 amide bonds. The molecule has 64 valence electrons. The minimum Gasteiger partial charge on any atom is -0.481 e. The Morgan fingerprint density at radius 2 is 2.09 bits per heavy atom. The van der Waals surface area contributed by atoms with E-state index >= 15 is 0 Å². The summed E-state index contributed by atoms with van der Waals surface area (Å²) >= 11 is 0. The second kappa shape index (κ2) is 4.71. The van der Waals surface area contributed by atoms with Crippen LogP contribution < -0.4 is 0 Å². The van der Waals surface area contributed by atoms with Crippen LogP contribution in [0.25, 0.3) is 0 Å². The molecule has 0 aliphatic carbocycles. The topological polar surface area (TPSA) is 63.6 Å². The quantitative estimate of drug-likeness (QED) is 0.613. The van der Waals surface area contributed by atoms with Gasteiger partial charge in [0.25, 0.3) is 0 Å². The van der Waals surface area contributed by atoms with Crippen molar-refractivity contribution >= 4 is 11.9 Å². The van der Waals surface area contributed by atoms with E-state index < -0.39 is 17.9 Å². The third kappa shape index (κ3) is 4.36. The number of carboxylic acid groups (broad SMARTS) is 1. The average molecular weight is 160 g/mol. The molecule has 4 heteroatoms. The minimum atomic E-state index is -0.974. The van der Waals surface area contributed by atoms with E-state index in [1.807, 2.05) is 0 Å². The fraction of sp³-hybridized carbons (Fsp3) is 0.714. The van der Waals surface area contributed by atoms with Gasteiger partial charge in [-0.1, -0.05) is 6.92 Å². The van der Waals surface area contributed by atoms with Gasteiger partial charge < -0.3 is 9.84 Å². The molecular weight excluding hydrogens is 148 g/mol. The van der Waals surface area contributed by atoms with Crippen molar-refractivity contribution in [3.8, 4) is 0 Å². The number of esters is 1. The lowest BCUT2D eigenvalue weighted by molar-refractivity contribution is -0.150. The summed E-state index contributed by atoms with van der Waals surface area (Å²) in [6.45, 7) is 3.45. The molecule has 0 bridgehead atoms. The van der Waals surface area contributed by atoms with Crippen molar-refractivity contribution in [2.75, 3.05) is 6.61 Å². The van der Waals surface area contributed by atoms with Crippen LogP contribution in [0.2, 0.25) is 0 Å². The number of carbonyl (C=O) groups is 2. The van der Waals surface area contributed by atoms with Crippen LogP contribution in [0.15, 0.2) is 0 Å². The van der Waals surface area contributed by atoms with E-state index in [0.717, 1.165) is 0 Å². The van der Waals surface area contributed by atoms with Crippen LogP contribution in [-0.2, 0) is 14.3 Å². The summed E-state index contributed by atoms with van der Waals surface area (Å²) in [5.41, 5.74) is 0. The summed E-state index contributed by atoms with van der Waals surface area (Å²) in [5, 5.41) is 8.39. The Morgan fingerprint density at radius 1 is 1.55 bits per heavy atom. The molecule has 11 heavy (non-hydrogen) atoms. The normalized spacial score (nSPS) is 12.2. The van der Waals surface area contributed by atoms with Crippen molar-refractivity contribution in [1.29, 1.82) is 0 Å². The van der Waals surface area contributed by atoms with Gasteiger partial charge in [-0.15, -0.1) is 0 Å². The fourth-order valence-electron chi connectivity index (χ4n) is 0.557. The molecule has 0 radical (unpaired) electrons. The van der Waals surface area contributed by atoms with E-state index in [2.05, 4.69) is 4.74 Å². The van der Waals surface area contributed by atoms with E-state index in [-0.39, 0.29) is 6.42 Å². The van der Waals surface area contributed by atoms with Gasteiger partial charge >= 0.3 is 11.9 Å². The maximum absolute atomic E-state index is 10.7. The lowest BCUT2D eigenvalue weighted by Crippen LogP contribution is -2.16. The molecular formula is C7H12O4. The fourth-order valence-corrected chi connectivity index (χ4v) is 0.557. The van der Waals surface area contributed by atoms with Crippen molar-refractivity contribution in [3.05, 3.63) is 0 Å². The lowest BCUT2D eigenvalue weighted by atomic mass is 10.1. The van der Waals surface area contributed by atoms with Gasteiger partial charge in [-0.25, -0.2) is 0 Å². The molecule has 0 heterocycles. The summed E-state index contributed by atoms with van der Waals surface area (Å²) in [4.78, 5) is 20.9. The van der Waals surface area contributed by atoms with Crippen molar-refractivity contribution < 1.29 is 19.4 Å². The van der Waals surface area contributed by atoms with E-state index in [4.69, 9.17) is 5.11 Å². The smallest absolute Gasteiger partial charge is 0.306 e. The molecule has 0 aromatic rings. The maximum atomic E-state index is 10.7. The highest BCUT2D eigenvalue weighted by Crippen LogP contribution is 2.02. The Kier molecular flexibility index (Phi) is 4.26. The Morgan fingerprint density at radius 3 is 2.45 bits per heavy atom. The van der Waals surface area contributed by atoms with Crippen LogP contribution in [0.5, 0.6) is 0 Å². The van der Waals surface area contributed by atoms with Crippen molar-refractivity contribution in [2.24, 2.45) is 5.92 Å². The van der Waals surface area contributed by atoms with E-state index in [9.17, 15) is 9.59 Å². The first-order valence-electron chi connectivity index (χ1n) is 3.46. The zero-order valence-corrected chi connectivity index (χ0v) is 6.66. The second-order valence-electron chi connectivity index (χ2n) is 2.25. The first-order chi connectivity index (χ1) is 5.07. The third-order valence-corrected chi connectivity index (χ3v) is 1.20. The van der Waals surface area contributed by atoms with Gasteiger partial charge in [0, 0.05) is 0 Å². The standard InChI is InChI=1S/C7H12O4/c1-3-11-6(8)4-5(2)7(9)10/h5H,3-4H2,1-2H3,(H,9,10)/t5-/m0/s1. The highest BCUT2D eigenvalue weighted by Gasteiger charge is 2.15. The molecule has 0 spiro atoms.